The van der Waals surface area contributed by atoms with Crippen LogP contribution in [-0.2, 0) is 10.8 Å². The number of amides is 1. The Morgan fingerprint density at radius 3 is 2.55 bits per heavy atom. The van der Waals surface area contributed by atoms with Crippen LogP contribution in [0.25, 0.3) is 0 Å². The Morgan fingerprint density at radius 1 is 1.30 bits per heavy atom. The van der Waals surface area contributed by atoms with Gasteiger partial charge in [0, 0.05) is 39.5 Å². The fourth-order valence-electron chi connectivity index (χ4n) is 2.05. The molecule has 2 N–H and O–H groups in total. The largest absolute Gasteiger partial charge is 0.384 e. The number of aliphatic hydroxyl groups excluding tert-OH is 1. The Labute approximate surface area is 121 Å². The Hall–Kier alpha value is -1.64. The van der Waals surface area contributed by atoms with Crippen LogP contribution in [0.5, 0.6) is 0 Å². The molecular formula is C15H17NO3S. The van der Waals surface area contributed by atoms with Gasteiger partial charge in [-0.2, -0.15) is 0 Å². The number of rotatable bonds is 2. The maximum absolute atomic E-state index is 12.1. The molecule has 1 amide bonds. The Balaban J connectivity index is 1.93. The summed E-state index contributed by atoms with van der Waals surface area (Å²) < 4.78 is 11.3. The third-order valence-corrected chi connectivity index (χ3v) is 4.56. The van der Waals surface area contributed by atoms with Gasteiger partial charge < -0.3 is 10.4 Å². The summed E-state index contributed by atoms with van der Waals surface area (Å²) in [4.78, 5) is 12.1. The molecule has 106 valence electrons. The third-order valence-electron chi connectivity index (χ3n) is 3.18. The van der Waals surface area contributed by atoms with Gasteiger partial charge in [0.1, 0.15) is 6.61 Å². The van der Waals surface area contributed by atoms with E-state index in [-0.39, 0.29) is 18.6 Å². The molecule has 1 aliphatic rings. The van der Waals surface area contributed by atoms with Gasteiger partial charge in [0.05, 0.1) is 0 Å². The summed E-state index contributed by atoms with van der Waals surface area (Å²) in [5.41, 5.74) is 1.36. The first kappa shape index (κ1) is 14.8. The molecule has 0 aromatic heterocycles. The minimum atomic E-state index is -0.714. The molecular weight excluding hydrogens is 274 g/mol. The van der Waals surface area contributed by atoms with Crippen molar-refractivity contribution in [2.24, 2.45) is 0 Å². The van der Waals surface area contributed by atoms with Crippen LogP contribution >= 0.6 is 0 Å². The first-order chi connectivity index (χ1) is 9.69. The number of carbonyl (C=O) groups is 1. The van der Waals surface area contributed by atoms with Crippen molar-refractivity contribution in [3.63, 3.8) is 0 Å². The zero-order valence-electron chi connectivity index (χ0n) is 11.1. The van der Waals surface area contributed by atoms with E-state index < -0.39 is 10.8 Å². The number of benzene rings is 1. The van der Waals surface area contributed by atoms with E-state index in [4.69, 9.17) is 5.11 Å². The average molecular weight is 291 g/mol. The first-order valence-electron chi connectivity index (χ1n) is 6.54. The van der Waals surface area contributed by atoms with Crippen LogP contribution in [0.3, 0.4) is 0 Å². The molecule has 4 nitrogen and oxygen atoms in total. The molecule has 0 atom stereocenters. The predicted molar refractivity (Wildman–Crippen MR) is 78.8 cm³/mol. The summed E-state index contributed by atoms with van der Waals surface area (Å²) in [6, 6.07) is 7.07. The second kappa shape index (κ2) is 7.22. The SMILES string of the molecule is O=C(NC1CCS(=O)CC1)c1ccc(C#CCO)cc1. The van der Waals surface area contributed by atoms with Crippen molar-refractivity contribution >= 4 is 16.7 Å². The summed E-state index contributed by atoms with van der Waals surface area (Å²) in [7, 11) is -0.714. The summed E-state index contributed by atoms with van der Waals surface area (Å²) in [5.74, 6) is 6.57. The van der Waals surface area contributed by atoms with Gasteiger partial charge >= 0.3 is 0 Å². The maximum Gasteiger partial charge on any atom is 0.251 e. The molecule has 0 aliphatic carbocycles. The van der Waals surface area contributed by atoms with E-state index in [9.17, 15) is 9.00 Å². The van der Waals surface area contributed by atoms with Gasteiger partial charge in [0.2, 0.25) is 0 Å². The van der Waals surface area contributed by atoms with Crippen LogP contribution in [0.15, 0.2) is 24.3 Å². The fourth-order valence-corrected chi connectivity index (χ4v) is 3.35. The molecule has 20 heavy (non-hydrogen) atoms. The van der Waals surface area contributed by atoms with Crippen molar-refractivity contribution in [2.75, 3.05) is 18.1 Å². The van der Waals surface area contributed by atoms with Gasteiger partial charge in [-0.3, -0.25) is 9.00 Å². The normalized spacial score (nSPS) is 21.6. The maximum atomic E-state index is 12.1. The van der Waals surface area contributed by atoms with Crippen LogP contribution in [0.4, 0.5) is 0 Å². The van der Waals surface area contributed by atoms with Crippen molar-refractivity contribution in [1.29, 1.82) is 0 Å². The van der Waals surface area contributed by atoms with Gasteiger partial charge in [0.15, 0.2) is 0 Å². The zero-order chi connectivity index (χ0) is 14.4. The van der Waals surface area contributed by atoms with Crippen LogP contribution in [-0.4, -0.2) is 39.4 Å². The van der Waals surface area contributed by atoms with Gasteiger partial charge in [-0.1, -0.05) is 11.8 Å². The fraction of sp³-hybridized carbons (Fsp3) is 0.400. The molecule has 1 aromatic rings. The minimum Gasteiger partial charge on any atom is -0.384 e. The van der Waals surface area contributed by atoms with Crippen molar-refractivity contribution in [3.05, 3.63) is 35.4 Å². The standard InChI is InChI=1S/C15H17NO3S/c17-9-1-2-12-3-5-13(6-4-12)15(18)16-14-7-10-20(19)11-8-14/h3-6,14,17H,7-11H2,(H,16,18). The molecule has 0 unspecified atom stereocenters. The molecule has 2 rings (SSSR count). The number of hydrogen-bond donors (Lipinski definition) is 2. The topological polar surface area (TPSA) is 66.4 Å². The number of carbonyl (C=O) groups excluding carboxylic acids is 1. The Morgan fingerprint density at radius 2 is 1.95 bits per heavy atom. The Kier molecular flexibility index (Phi) is 5.33. The summed E-state index contributed by atoms with van der Waals surface area (Å²) in [5, 5.41) is 11.6. The van der Waals surface area contributed by atoms with Crippen molar-refractivity contribution < 1.29 is 14.1 Å². The monoisotopic (exact) mass is 291 g/mol. The van der Waals surface area contributed by atoms with Gasteiger partial charge in [0.25, 0.3) is 5.91 Å². The van der Waals surface area contributed by atoms with Crippen LogP contribution in [0.2, 0.25) is 0 Å². The second-order valence-corrected chi connectivity index (χ2v) is 6.33. The molecule has 1 saturated heterocycles. The highest BCUT2D eigenvalue weighted by Crippen LogP contribution is 2.11. The van der Waals surface area contributed by atoms with Crippen LogP contribution < -0.4 is 5.32 Å². The zero-order valence-corrected chi connectivity index (χ0v) is 11.9. The Bertz CT molecular complexity index is 547. The van der Waals surface area contributed by atoms with E-state index in [1.165, 1.54) is 0 Å². The summed E-state index contributed by atoms with van der Waals surface area (Å²) in [6.45, 7) is -0.175. The van der Waals surface area contributed by atoms with E-state index in [0.29, 0.717) is 17.1 Å². The number of nitrogens with one attached hydrogen (secondary N) is 1. The highest BCUT2D eigenvalue weighted by atomic mass is 32.2. The van der Waals surface area contributed by atoms with Gasteiger partial charge in [-0.05, 0) is 37.1 Å². The molecule has 0 radical (unpaired) electrons. The molecule has 0 bridgehead atoms. The molecule has 1 heterocycles. The van der Waals surface area contributed by atoms with Gasteiger partial charge in [-0.25, -0.2) is 0 Å². The van der Waals surface area contributed by atoms with E-state index >= 15 is 0 Å². The van der Waals surface area contributed by atoms with Gasteiger partial charge in [-0.15, -0.1) is 0 Å². The number of aliphatic hydroxyl groups is 1. The lowest BCUT2D eigenvalue weighted by atomic mass is 10.1. The van der Waals surface area contributed by atoms with E-state index in [1.807, 2.05) is 0 Å². The quantitative estimate of drug-likeness (QED) is 0.787. The third kappa shape index (κ3) is 4.19. The van der Waals surface area contributed by atoms with Crippen molar-refractivity contribution in [1.82, 2.24) is 5.32 Å². The predicted octanol–water partition coefficient (Wildman–Crippen LogP) is 0.671. The van der Waals surface area contributed by atoms with E-state index in [1.54, 1.807) is 24.3 Å². The van der Waals surface area contributed by atoms with E-state index in [2.05, 4.69) is 17.2 Å². The van der Waals surface area contributed by atoms with Crippen molar-refractivity contribution in [3.8, 4) is 11.8 Å². The lowest BCUT2D eigenvalue weighted by Crippen LogP contribution is -2.39. The smallest absolute Gasteiger partial charge is 0.251 e. The lowest BCUT2D eigenvalue weighted by Gasteiger charge is -2.22. The second-order valence-electron chi connectivity index (χ2n) is 4.63. The summed E-state index contributed by atoms with van der Waals surface area (Å²) in [6.07, 6.45) is 1.55. The molecule has 0 saturated carbocycles. The molecule has 5 heteroatoms. The van der Waals surface area contributed by atoms with Crippen LogP contribution in [0.1, 0.15) is 28.8 Å². The van der Waals surface area contributed by atoms with Crippen molar-refractivity contribution in [2.45, 2.75) is 18.9 Å². The first-order valence-corrected chi connectivity index (χ1v) is 8.03. The van der Waals surface area contributed by atoms with Crippen LogP contribution in [0, 0.1) is 11.8 Å². The minimum absolute atomic E-state index is 0.107. The summed E-state index contributed by atoms with van der Waals surface area (Å²) >= 11 is 0. The lowest BCUT2D eigenvalue weighted by molar-refractivity contribution is 0.0934. The molecule has 1 aliphatic heterocycles. The highest BCUT2D eigenvalue weighted by molar-refractivity contribution is 7.85. The molecule has 1 fully saturated rings. The number of hydrogen-bond acceptors (Lipinski definition) is 3. The average Bonchev–Trinajstić information content (AvgIpc) is 2.48. The molecule has 1 aromatic carbocycles. The van der Waals surface area contributed by atoms with E-state index in [0.717, 1.165) is 18.4 Å². The highest BCUT2D eigenvalue weighted by Gasteiger charge is 2.19. The molecule has 0 spiro atoms.